The number of aliphatic hydroxyl groups excluding tert-OH is 1. The molecule has 230 valence electrons. The second-order valence-corrected chi connectivity index (χ2v) is 16.8. The largest absolute Gasteiger partial charge is 0.462 e. The summed E-state index contributed by atoms with van der Waals surface area (Å²) in [6.45, 7) is 20.0. The minimum absolute atomic E-state index is 0.0108. The highest BCUT2D eigenvalue weighted by Gasteiger charge is 2.70. The summed E-state index contributed by atoms with van der Waals surface area (Å²) in [5, 5.41) is 11.0. The van der Waals surface area contributed by atoms with Gasteiger partial charge in [0.15, 0.2) is 0 Å². The van der Waals surface area contributed by atoms with E-state index in [4.69, 9.17) is 4.74 Å². The van der Waals surface area contributed by atoms with Crippen molar-refractivity contribution in [3.8, 4) is 0 Å². The number of allylic oxidation sites excluding steroid dienone is 1. The minimum atomic E-state index is -0.219. The Bertz CT molecular complexity index is 1230. The molecule has 5 aliphatic carbocycles. The lowest BCUT2D eigenvalue weighted by atomic mass is 9.32. The van der Waals surface area contributed by atoms with Gasteiger partial charge >= 0.3 is 5.97 Å². The molecule has 10 atom stereocenters. The Hall–Kier alpha value is -1.87. The van der Waals surface area contributed by atoms with Gasteiger partial charge in [-0.2, -0.15) is 0 Å². The molecule has 5 fully saturated rings. The van der Waals surface area contributed by atoms with Crippen LogP contribution in [0.2, 0.25) is 0 Å². The number of esters is 1. The molecule has 1 aromatic carbocycles. The molecule has 0 heterocycles. The summed E-state index contributed by atoms with van der Waals surface area (Å²) < 4.78 is 6.12. The minimum Gasteiger partial charge on any atom is -0.462 e. The van der Waals surface area contributed by atoms with Gasteiger partial charge in [-0.25, -0.2) is 4.79 Å². The van der Waals surface area contributed by atoms with Crippen molar-refractivity contribution in [3.05, 3.63) is 54.1 Å². The second-order valence-electron chi connectivity index (χ2n) is 16.8. The normalized spacial score (nSPS) is 45.8. The quantitative estimate of drug-likeness (QED) is 0.217. The zero-order valence-electron chi connectivity index (χ0n) is 27.3. The van der Waals surface area contributed by atoms with Gasteiger partial charge in [0.25, 0.3) is 0 Å². The van der Waals surface area contributed by atoms with Crippen molar-refractivity contribution in [1.82, 2.24) is 0 Å². The summed E-state index contributed by atoms with van der Waals surface area (Å²) >= 11 is 0. The number of hydrogen-bond donors (Lipinski definition) is 1. The third-order valence-electron chi connectivity index (χ3n) is 14.9. The van der Waals surface area contributed by atoms with Gasteiger partial charge in [0, 0.05) is 11.5 Å². The molecule has 3 heteroatoms. The van der Waals surface area contributed by atoms with Crippen molar-refractivity contribution in [2.24, 2.45) is 56.7 Å². The molecule has 6 rings (SSSR count). The lowest BCUT2D eigenvalue weighted by Crippen LogP contribution is -2.66. The van der Waals surface area contributed by atoms with E-state index < -0.39 is 0 Å². The Kier molecular flexibility index (Phi) is 7.44. The maximum Gasteiger partial charge on any atom is 0.330 e. The summed E-state index contributed by atoms with van der Waals surface area (Å²) in [5.74, 6) is 2.76. The van der Waals surface area contributed by atoms with E-state index in [0.29, 0.717) is 47.0 Å². The van der Waals surface area contributed by atoms with E-state index in [2.05, 4.69) is 48.1 Å². The van der Waals surface area contributed by atoms with Gasteiger partial charge in [-0.1, -0.05) is 77.1 Å². The van der Waals surface area contributed by atoms with E-state index in [-0.39, 0.29) is 28.3 Å². The van der Waals surface area contributed by atoms with Crippen molar-refractivity contribution in [2.45, 2.75) is 112 Å². The predicted molar refractivity (Wildman–Crippen MR) is 171 cm³/mol. The SMILES string of the molecule is C=C(C)[C@H]1CC[C@@]2(COC(=O)/C=C/c3ccccc3)CC[C@]3(C)[C@H](CC[C@H]4[C@@]5(C)CC[C@@H](O)C(C)(C)[C@H]5CC[C@@]43C)[C@@H]12. The van der Waals surface area contributed by atoms with Crippen LogP contribution in [0.15, 0.2) is 48.6 Å². The summed E-state index contributed by atoms with van der Waals surface area (Å²) in [4.78, 5) is 12.9. The van der Waals surface area contributed by atoms with E-state index in [0.717, 1.165) is 31.2 Å². The second kappa shape index (κ2) is 10.4. The van der Waals surface area contributed by atoms with Crippen molar-refractivity contribution in [1.29, 1.82) is 0 Å². The smallest absolute Gasteiger partial charge is 0.330 e. The molecule has 0 bridgehead atoms. The van der Waals surface area contributed by atoms with E-state index in [1.54, 1.807) is 6.08 Å². The van der Waals surface area contributed by atoms with Gasteiger partial charge in [0.2, 0.25) is 0 Å². The molecular weight excluding hydrogens is 516 g/mol. The van der Waals surface area contributed by atoms with Crippen LogP contribution in [-0.4, -0.2) is 23.8 Å². The Balaban J connectivity index is 1.27. The first-order valence-electron chi connectivity index (χ1n) is 17.0. The van der Waals surface area contributed by atoms with E-state index in [1.807, 2.05) is 36.4 Å². The molecule has 0 amide bonds. The van der Waals surface area contributed by atoms with Crippen molar-refractivity contribution in [2.75, 3.05) is 6.61 Å². The lowest BCUT2D eigenvalue weighted by molar-refractivity contribution is -0.249. The van der Waals surface area contributed by atoms with Gasteiger partial charge in [-0.15, -0.1) is 0 Å². The van der Waals surface area contributed by atoms with Gasteiger partial charge < -0.3 is 9.84 Å². The average Bonchev–Trinajstić information content (AvgIpc) is 3.34. The molecular formula is C39H56O3. The Morgan fingerprint density at radius 2 is 1.64 bits per heavy atom. The molecule has 5 saturated carbocycles. The Morgan fingerprint density at radius 1 is 0.905 bits per heavy atom. The van der Waals surface area contributed by atoms with Crippen LogP contribution in [0.25, 0.3) is 6.08 Å². The average molecular weight is 573 g/mol. The Labute approximate surface area is 255 Å². The van der Waals surface area contributed by atoms with Gasteiger partial charge in [0.1, 0.15) is 0 Å². The molecule has 0 radical (unpaired) electrons. The summed E-state index contributed by atoms with van der Waals surface area (Å²) in [7, 11) is 0. The van der Waals surface area contributed by atoms with Crippen molar-refractivity contribution >= 4 is 12.0 Å². The van der Waals surface area contributed by atoms with Gasteiger partial charge in [-0.3, -0.25) is 0 Å². The molecule has 1 aromatic rings. The fraction of sp³-hybridized carbons (Fsp3) is 0.718. The van der Waals surface area contributed by atoms with Crippen molar-refractivity contribution < 1.29 is 14.6 Å². The third-order valence-corrected chi connectivity index (χ3v) is 14.9. The molecule has 0 aliphatic heterocycles. The summed E-state index contributed by atoms with van der Waals surface area (Å²) in [6, 6.07) is 9.99. The van der Waals surface area contributed by atoms with Crippen LogP contribution in [0.5, 0.6) is 0 Å². The fourth-order valence-corrected chi connectivity index (χ4v) is 12.5. The maximum absolute atomic E-state index is 12.9. The van der Waals surface area contributed by atoms with E-state index >= 15 is 0 Å². The molecule has 0 unspecified atom stereocenters. The van der Waals surface area contributed by atoms with Gasteiger partial charge in [0.05, 0.1) is 12.7 Å². The predicted octanol–water partition coefficient (Wildman–Crippen LogP) is 9.26. The first-order valence-corrected chi connectivity index (χ1v) is 17.0. The first-order chi connectivity index (χ1) is 19.8. The van der Waals surface area contributed by atoms with Crippen LogP contribution in [0, 0.1) is 56.7 Å². The summed E-state index contributed by atoms with van der Waals surface area (Å²) in [5.41, 5.74) is 3.26. The maximum atomic E-state index is 12.9. The molecule has 0 aromatic heterocycles. The number of hydrogen-bond acceptors (Lipinski definition) is 3. The number of aliphatic hydroxyl groups is 1. The van der Waals surface area contributed by atoms with Crippen LogP contribution >= 0.6 is 0 Å². The zero-order valence-corrected chi connectivity index (χ0v) is 27.3. The van der Waals surface area contributed by atoms with Crippen LogP contribution in [0.1, 0.15) is 111 Å². The molecule has 0 spiro atoms. The van der Waals surface area contributed by atoms with Crippen LogP contribution < -0.4 is 0 Å². The first kappa shape index (κ1) is 30.2. The number of fused-ring (bicyclic) bond motifs is 7. The van der Waals surface area contributed by atoms with E-state index in [1.165, 1.54) is 44.1 Å². The van der Waals surface area contributed by atoms with Crippen LogP contribution in [-0.2, 0) is 9.53 Å². The molecule has 42 heavy (non-hydrogen) atoms. The fourth-order valence-electron chi connectivity index (χ4n) is 12.5. The number of carbonyl (C=O) groups excluding carboxylic acids is 1. The Morgan fingerprint density at radius 3 is 2.36 bits per heavy atom. The monoisotopic (exact) mass is 572 g/mol. The topological polar surface area (TPSA) is 46.5 Å². The van der Waals surface area contributed by atoms with Crippen molar-refractivity contribution in [3.63, 3.8) is 0 Å². The highest BCUT2D eigenvalue weighted by molar-refractivity contribution is 5.87. The van der Waals surface area contributed by atoms with Crippen LogP contribution in [0.4, 0.5) is 0 Å². The zero-order chi connectivity index (χ0) is 30.1. The molecule has 1 N–H and O–H groups in total. The van der Waals surface area contributed by atoms with Gasteiger partial charge in [-0.05, 0) is 134 Å². The standard InChI is InChI=1S/C39H56O3/c1-26(2)28-17-22-39(25-42-33(41)16-13-27-11-9-8-10-12-27)24-23-37(6)29(34(28)39)14-15-31-36(5)20-19-32(40)35(3,4)30(36)18-21-38(31,37)7/h8-13,16,28-32,34,40H,1,14-15,17-25H2,2-7H3/b16-13+/t28-,29-,30-,31+,32-,34-,36+,37-,38+,39+/m1/s1. The molecule has 5 aliphatic rings. The lowest BCUT2D eigenvalue weighted by Gasteiger charge is -2.73. The number of rotatable bonds is 5. The highest BCUT2D eigenvalue weighted by atomic mass is 16.5. The number of carbonyl (C=O) groups is 1. The highest BCUT2D eigenvalue weighted by Crippen LogP contribution is 2.77. The third kappa shape index (κ3) is 4.33. The number of benzene rings is 1. The number of ether oxygens (including phenoxy) is 1. The summed E-state index contributed by atoms with van der Waals surface area (Å²) in [6.07, 6.45) is 15.2. The van der Waals surface area contributed by atoms with Crippen LogP contribution in [0.3, 0.4) is 0 Å². The molecule has 3 nitrogen and oxygen atoms in total. The van der Waals surface area contributed by atoms with E-state index in [9.17, 15) is 9.90 Å². The molecule has 0 saturated heterocycles.